The summed E-state index contributed by atoms with van der Waals surface area (Å²) in [5.74, 6) is 0. The van der Waals surface area contributed by atoms with Gasteiger partial charge in [-0.05, 0) is 31.8 Å². The van der Waals surface area contributed by atoms with Crippen molar-refractivity contribution >= 4 is 8.32 Å². The second kappa shape index (κ2) is 4.13. The third-order valence-corrected chi connectivity index (χ3v) is 2.83. The molecule has 0 aliphatic heterocycles. The van der Waals surface area contributed by atoms with Crippen molar-refractivity contribution in [1.29, 1.82) is 0 Å². The summed E-state index contributed by atoms with van der Waals surface area (Å²) < 4.78 is 7.89. The van der Waals surface area contributed by atoms with E-state index in [2.05, 4.69) is 24.6 Å². The molecule has 1 aromatic heterocycles. The highest BCUT2D eigenvalue weighted by atomic mass is 28.4. The first-order chi connectivity index (χ1) is 7.56. The van der Waals surface area contributed by atoms with Gasteiger partial charge in [0.05, 0.1) is 5.69 Å². The first-order valence-corrected chi connectivity index (χ1v) is 8.75. The summed E-state index contributed by atoms with van der Waals surface area (Å²) in [5, 5.41) is 0. The van der Waals surface area contributed by atoms with Crippen molar-refractivity contribution in [2.75, 3.05) is 0 Å². The maximum absolute atomic E-state index is 5.92. The van der Waals surface area contributed by atoms with E-state index in [4.69, 9.17) is 4.43 Å². The smallest absolute Gasteiger partial charge is 0.287 e. The van der Waals surface area contributed by atoms with E-state index < -0.39 is 8.32 Å². The number of benzene rings is 1. The predicted molar refractivity (Wildman–Crippen MR) is 67.5 cm³/mol. The lowest BCUT2D eigenvalue weighted by molar-refractivity contribution is 0.500. The highest BCUT2D eigenvalue weighted by Gasteiger charge is 2.19. The number of hydrogen-bond donors (Lipinski definition) is 0. The van der Waals surface area contributed by atoms with Gasteiger partial charge in [0, 0.05) is 12.4 Å². The van der Waals surface area contributed by atoms with Crippen molar-refractivity contribution in [2.45, 2.75) is 19.6 Å². The van der Waals surface area contributed by atoms with Crippen LogP contribution in [0.3, 0.4) is 0 Å². The fraction of sp³-hybridized carbons (Fsp3) is 0.250. The van der Waals surface area contributed by atoms with Gasteiger partial charge in [0.15, 0.2) is 0 Å². The van der Waals surface area contributed by atoms with E-state index >= 15 is 0 Å². The van der Waals surface area contributed by atoms with Gasteiger partial charge in [0.2, 0.25) is 8.32 Å². The molecule has 1 aromatic carbocycles. The molecule has 16 heavy (non-hydrogen) atoms. The van der Waals surface area contributed by atoms with Gasteiger partial charge in [0.1, 0.15) is 0 Å². The van der Waals surface area contributed by atoms with E-state index in [9.17, 15) is 0 Å². The lowest BCUT2D eigenvalue weighted by atomic mass is 10.3. The SMILES string of the molecule is C[Si](C)(C)Oc1nccn1-c1ccccc1. The highest BCUT2D eigenvalue weighted by Crippen LogP contribution is 2.18. The Morgan fingerprint density at radius 1 is 1.12 bits per heavy atom. The number of nitrogens with zero attached hydrogens (tertiary/aromatic N) is 2. The summed E-state index contributed by atoms with van der Waals surface area (Å²) in [6.07, 6.45) is 3.69. The maximum atomic E-state index is 5.92. The molecule has 0 aliphatic carbocycles. The van der Waals surface area contributed by atoms with E-state index in [0.717, 1.165) is 5.69 Å². The van der Waals surface area contributed by atoms with Gasteiger partial charge in [-0.1, -0.05) is 18.2 Å². The van der Waals surface area contributed by atoms with Crippen molar-refractivity contribution in [2.24, 2.45) is 0 Å². The zero-order valence-electron chi connectivity index (χ0n) is 9.84. The zero-order valence-corrected chi connectivity index (χ0v) is 10.8. The molecule has 0 N–H and O–H groups in total. The minimum atomic E-state index is -1.61. The van der Waals surface area contributed by atoms with Crippen LogP contribution < -0.4 is 4.43 Å². The van der Waals surface area contributed by atoms with Crippen LogP contribution >= 0.6 is 0 Å². The Balaban J connectivity index is 2.33. The summed E-state index contributed by atoms with van der Waals surface area (Å²) in [6, 6.07) is 10.8. The van der Waals surface area contributed by atoms with Crippen LogP contribution in [0.1, 0.15) is 0 Å². The summed E-state index contributed by atoms with van der Waals surface area (Å²) in [7, 11) is -1.61. The molecule has 0 saturated heterocycles. The Morgan fingerprint density at radius 3 is 2.44 bits per heavy atom. The molecule has 0 unspecified atom stereocenters. The molecular weight excluding hydrogens is 216 g/mol. The lowest BCUT2D eigenvalue weighted by Crippen LogP contribution is -2.30. The van der Waals surface area contributed by atoms with Crippen LogP contribution in [0, 0.1) is 0 Å². The first kappa shape index (κ1) is 10.9. The van der Waals surface area contributed by atoms with Gasteiger partial charge in [-0.25, -0.2) is 4.98 Å². The zero-order chi connectivity index (χ0) is 11.6. The van der Waals surface area contributed by atoms with Crippen LogP contribution in [-0.2, 0) is 0 Å². The molecule has 4 heteroatoms. The quantitative estimate of drug-likeness (QED) is 0.760. The molecule has 0 amide bonds. The normalized spacial score (nSPS) is 11.4. The number of hydrogen-bond acceptors (Lipinski definition) is 2. The molecular formula is C12H16N2OSi. The van der Waals surface area contributed by atoms with Crippen LogP contribution in [0.25, 0.3) is 5.69 Å². The van der Waals surface area contributed by atoms with Crippen molar-refractivity contribution in [3.05, 3.63) is 42.7 Å². The van der Waals surface area contributed by atoms with Crippen LogP contribution in [0.4, 0.5) is 0 Å². The molecule has 2 rings (SSSR count). The van der Waals surface area contributed by atoms with Crippen molar-refractivity contribution < 1.29 is 4.43 Å². The molecule has 0 spiro atoms. The standard InChI is InChI=1S/C12H16N2OSi/c1-16(2,3)15-12-13-9-10-14(12)11-7-5-4-6-8-11/h4-10H,1-3H3. The molecule has 3 nitrogen and oxygen atoms in total. The maximum Gasteiger partial charge on any atom is 0.287 e. The Hall–Kier alpha value is -1.55. The predicted octanol–water partition coefficient (Wildman–Crippen LogP) is 3.09. The van der Waals surface area contributed by atoms with Gasteiger partial charge in [-0.3, -0.25) is 4.57 Å². The second-order valence-corrected chi connectivity index (χ2v) is 9.06. The summed E-state index contributed by atoms with van der Waals surface area (Å²) in [6.45, 7) is 6.45. The van der Waals surface area contributed by atoms with Crippen LogP contribution in [0.2, 0.25) is 19.6 Å². The molecule has 0 saturated carbocycles. The summed E-state index contributed by atoms with van der Waals surface area (Å²) in [4.78, 5) is 4.25. The Kier molecular flexibility index (Phi) is 2.83. The molecule has 1 heterocycles. The van der Waals surface area contributed by atoms with Crippen LogP contribution in [0.5, 0.6) is 6.01 Å². The van der Waals surface area contributed by atoms with Crippen LogP contribution in [0.15, 0.2) is 42.7 Å². The van der Waals surface area contributed by atoms with E-state index in [0.29, 0.717) is 6.01 Å². The number of rotatable bonds is 3. The lowest BCUT2D eigenvalue weighted by Gasteiger charge is -2.19. The van der Waals surface area contributed by atoms with E-state index in [1.165, 1.54) is 0 Å². The van der Waals surface area contributed by atoms with E-state index in [-0.39, 0.29) is 0 Å². The first-order valence-electron chi connectivity index (χ1n) is 5.34. The monoisotopic (exact) mass is 232 g/mol. The molecule has 0 atom stereocenters. The third kappa shape index (κ3) is 2.52. The molecule has 0 bridgehead atoms. The largest absolute Gasteiger partial charge is 0.519 e. The van der Waals surface area contributed by atoms with Gasteiger partial charge >= 0.3 is 0 Å². The molecule has 2 aromatic rings. The average molecular weight is 232 g/mol. The van der Waals surface area contributed by atoms with Gasteiger partial charge in [-0.2, -0.15) is 0 Å². The minimum Gasteiger partial charge on any atom is -0.519 e. The third-order valence-electron chi connectivity index (χ3n) is 2.04. The molecule has 0 aliphatic rings. The van der Waals surface area contributed by atoms with E-state index in [1.54, 1.807) is 6.20 Å². The van der Waals surface area contributed by atoms with Crippen LogP contribution in [-0.4, -0.2) is 17.9 Å². The van der Waals surface area contributed by atoms with Gasteiger partial charge < -0.3 is 4.43 Å². The second-order valence-electron chi connectivity index (χ2n) is 4.63. The van der Waals surface area contributed by atoms with Gasteiger partial charge in [-0.15, -0.1) is 0 Å². The molecule has 0 fully saturated rings. The van der Waals surface area contributed by atoms with Gasteiger partial charge in [0.25, 0.3) is 6.01 Å². The number of aromatic nitrogens is 2. The topological polar surface area (TPSA) is 27.1 Å². The average Bonchev–Trinajstić information content (AvgIpc) is 2.64. The van der Waals surface area contributed by atoms with E-state index in [1.807, 2.05) is 41.1 Å². The fourth-order valence-electron chi connectivity index (χ4n) is 1.42. The highest BCUT2D eigenvalue weighted by molar-refractivity contribution is 6.70. The Bertz CT molecular complexity index is 459. The molecule has 84 valence electrons. The number of para-hydroxylation sites is 1. The minimum absolute atomic E-state index is 0.686. The van der Waals surface area contributed by atoms with Crippen molar-refractivity contribution in [3.8, 4) is 11.7 Å². The Morgan fingerprint density at radius 2 is 1.81 bits per heavy atom. The van der Waals surface area contributed by atoms with Crippen molar-refractivity contribution in [1.82, 2.24) is 9.55 Å². The van der Waals surface area contributed by atoms with Crippen molar-refractivity contribution in [3.63, 3.8) is 0 Å². The number of imidazole rings is 1. The Labute approximate surface area is 96.8 Å². The fourth-order valence-corrected chi connectivity index (χ4v) is 2.12. The summed E-state index contributed by atoms with van der Waals surface area (Å²) in [5.41, 5.74) is 1.08. The summed E-state index contributed by atoms with van der Waals surface area (Å²) >= 11 is 0. The molecule has 0 radical (unpaired) electrons.